The van der Waals surface area contributed by atoms with Gasteiger partial charge in [-0.2, -0.15) is 5.26 Å². The lowest BCUT2D eigenvalue weighted by Crippen LogP contribution is -2.53. The SMILES string of the molecule is CCOC(=O)[C@H]1C[C@@H]1[C@@H]1N(c2ccc(C(=O)O)cc2OC)C(=O)[C@H]2[C@H](c3cccc(Cl)c3F)[C@@](C#N)(c3ccc(Cl)cc3F)[C@H](CC(C)(C)C)N12. The molecule has 6 rings (SSSR count). The van der Waals surface area contributed by atoms with Gasteiger partial charge in [0.15, 0.2) is 0 Å². The van der Waals surface area contributed by atoms with Crippen molar-refractivity contribution >= 4 is 46.7 Å². The molecule has 2 saturated heterocycles. The lowest BCUT2D eigenvalue weighted by Gasteiger charge is -2.43. The Morgan fingerprint density at radius 2 is 1.84 bits per heavy atom. The number of carbonyl (C=O) groups is 3. The lowest BCUT2D eigenvalue weighted by atomic mass is 9.62. The van der Waals surface area contributed by atoms with Crippen molar-refractivity contribution in [1.82, 2.24) is 4.90 Å². The quantitative estimate of drug-likeness (QED) is 0.223. The van der Waals surface area contributed by atoms with Crippen LogP contribution < -0.4 is 9.64 Å². The van der Waals surface area contributed by atoms with Crippen LogP contribution in [0.2, 0.25) is 10.0 Å². The van der Waals surface area contributed by atoms with E-state index in [-0.39, 0.29) is 51.2 Å². The number of methoxy groups -OCH3 is 1. The first kappa shape index (κ1) is 36.5. The Morgan fingerprint density at radius 3 is 2.45 bits per heavy atom. The van der Waals surface area contributed by atoms with Gasteiger partial charge in [0.05, 0.1) is 48.1 Å². The van der Waals surface area contributed by atoms with Crippen molar-refractivity contribution in [2.75, 3.05) is 18.6 Å². The van der Waals surface area contributed by atoms with Gasteiger partial charge in [-0.25, -0.2) is 13.6 Å². The molecule has 3 aromatic rings. The number of rotatable bonds is 9. The summed E-state index contributed by atoms with van der Waals surface area (Å²) in [5.41, 5.74) is -2.36. The molecule has 0 bridgehead atoms. The van der Waals surface area contributed by atoms with Gasteiger partial charge in [-0.05, 0) is 67.1 Å². The zero-order chi connectivity index (χ0) is 37.2. The van der Waals surface area contributed by atoms with Gasteiger partial charge < -0.3 is 14.6 Å². The van der Waals surface area contributed by atoms with Crippen molar-refractivity contribution in [2.24, 2.45) is 17.3 Å². The molecule has 1 amide bonds. The second kappa shape index (κ2) is 13.4. The number of anilines is 1. The van der Waals surface area contributed by atoms with Gasteiger partial charge in [0.25, 0.3) is 0 Å². The largest absolute Gasteiger partial charge is 0.495 e. The van der Waals surface area contributed by atoms with E-state index in [0.717, 1.165) is 6.07 Å². The molecular weight excluding hydrogens is 703 g/mol. The Balaban J connectivity index is 1.68. The number of carboxylic acids is 1. The van der Waals surface area contributed by atoms with Gasteiger partial charge in [0, 0.05) is 28.5 Å². The zero-order valence-electron chi connectivity index (χ0n) is 28.6. The van der Waals surface area contributed by atoms with E-state index in [2.05, 4.69) is 6.07 Å². The predicted octanol–water partition coefficient (Wildman–Crippen LogP) is 7.58. The van der Waals surface area contributed by atoms with Crippen molar-refractivity contribution in [3.05, 3.63) is 93.0 Å². The van der Waals surface area contributed by atoms with Crippen LogP contribution in [0.5, 0.6) is 5.75 Å². The number of carbonyl (C=O) groups excluding carboxylic acids is 2. The number of fused-ring (bicyclic) bond motifs is 1. The third-order valence-electron chi connectivity index (χ3n) is 10.3. The molecule has 0 aromatic heterocycles. The summed E-state index contributed by atoms with van der Waals surface area (Å²) < 4.78 is 43.8. The van der Waals surface area contributed by atoms with E-state index in [1.54, 1.807) is 6.92 Å². The van der Waals surface area contributed by atoms with Crippen LogP contribution in [0, 0.1) is 40.2 Å². The molecule has 1 saturated carbocycles. The van der Waals surface area contributed by atoms with Crippen molar-refractivity contribution in [2.45, 2.75) is 70.1 Å². The highest BCUT2D eigenvalue weighted by Gasteiger charge is 2.73. The number of hydrogen-bond acceptors (Lipinski definition) is 7. The van der Waals surface area contributed by atoms with Crippen molar-refractivity contribution in [1.29, 1.82) is 5.26 Å². The van der Waals surface area contributed by atoms with Gasteiger partial charge in [0.2, 0.25) is 5.91 Å². The number of hydrogen-bond donors (Lipinski definition) is 1. The molecule has 0 radical (unpaired) electrons. The molecule has 2 heterocycles. The summed E-state index contributed by atoms with van der Waals surface area (Å²) in [6.45, 7) is 7.69. The number of esters is 1. The summed E-state index contributed by atoms with van der Waals surface area (Å²) in [5.74, 6) is -6.23. The third-order valence-corrected chi connectivity index (χ3v) is 10.8. The molecule has 7 atom stereocenters. The fourth-order valence-electron chi connectivity index (χ4n) is 8.23. The molecule has 13 heteroatoms. The summed E-state index contributed by atoms with van der Waals surface area (Å²) in [6, 6.07) is 12.6. The van der Waals surface area contributed by atoms with Crippen LogP contribution in [0.4, 0.5) is 14.5 Å². The highest BCUT2D eigenvalue weighted by atomic mass is 35.5. The Kier molecular flexibility index (Phi) is 9.59. The second-order valence-corrected chi connectivity index (χ2v) is 15.3. The Bertz CT molecular complexity index is 1960. The van der Waals surface area contributed by atoms with Crippen molar-refractivity contribution < 1.29 is 37.7 Å². The molecule has 9 nitrogen and oxygen atoms in total. The molecule has 3 aromatic carbocycles. The first-order valence-corrected chi connectivity index (χ1v) is 17.4. The van der Waals surface area contributed by atoms with Gasteiger partial charge in [-0.15, -0.1) is 0 Å². The van der Waals surface area contributed by atoms with Crippen molar-refractivity contribution in [3.8, 4) is 11.8 Å². The topological polar surface area (TPSA) is 120 Å². The van der Waals surface area contributed by atoms with Gasteiger partial charge in [0.1, 0.15) is 28.8 Å². The van der Waals surface area contributed by atoms with E-state index < -0.39 is 76.3 Å². The van der Waals surface area contributed by atoms with Gasteiger partial charge in [-0.1, -0.05) is 62.2 Å². The maximum absolute atomic E-state index is 16.4. The second-order valence-electron chi connectivity index (χ2n) is 14.5. The maximum Gasteiger partial charge on any atom is 0.335 e. The number of benzene rings is 3. The fourth-order valence-corrected chi connectivity index (χ4v) is 8.57. The Morgan fingerprint density at radius 1 is 1.12 bits per heavy atom. The number of halogens is 4. The third kappa shape index (κ3) is 6.01. The minimum absolute atomic E-state index is 0.0512. The number of aromatic carboxylic acids is 1. The van der Waals surface area contributed by atoms with E-state index in [1.807, 2.05) is 25.7 Å². The molecule has 3 fully saturated rings. The Labute approximate surface area is 304 Å². The van der Waals surface area contributed by atoms with Gasteiger partial charge >= 0.3 is 11.9 Å². The number of nitrogens with zero attached hydrogens (tertiary/aromatic N) is 3. The normalized spacial score (nSPS) is 27.2. The van der Waals surface area contributed by atoms with Crippen LogP contribution in [0.25, 0.3) is 0 Å². The van der Waals surface area contributed by atoms with E-state index in [0.29, 0.717) is 6.42 Å². The van der Waals surface area contributed by atoms with E-state index >= 15 is 13.6 Å². The predicted molar refractivity (Wildman–Crippen MR) is 186 cm³/mol. The van der Waals surface area contributed by atoms with Crippen LogP contribution in [0.15, 0.2) is 54.6 Å². The minimum Gasteiger partial charge on any atom is -0.495 e. The molecule has 1 aliphatic carbocycles. The highest BCUT2D eigenvalue weighted by Crippen LogP contribution is 2.63. The molecule has 1 N–H and O–H groups in total. The average Bonchev–Trinajstić information content (AvgIpc) is 3.75. The van der Waals surface area contributed by atoms with E-state index in [1.165, 1.54) is 60.5 Å². The summed E-state index contributed by atoms with van der Waals surface area (Å²) in [5, 5.41) is 21.0. The fraction of sp³-hybridized carbons (Fsp3) is 0.421. The zero-order valence-corrected chi connectivity index (χ0v) is 30.1. The van der Waals surface area contributed by atoms with Gasteiger partial charge in [-0.3, -0.25) is 19.4 Å². The number of carboxylic acid groups (broad SMARTS) is 1. The number of nitriles is 1. The molecule has 51 heavy (non-hydrogen) atoms. The number of amides is 1. The summed E-state index contributed by atoms with van der Waals surface area (Å²) in [4.78, 5) is 43.7. The molecule has 268 valence electrons. The average molecular weight is 741 g/mol. The van der Waals surface area contributed by atoms with Crippen LogP contribution in [-0.2, 0) is 19.7 Å². The molecule has 2 aliphatic heterocycles. The van der Waals surface area contributed by atoms with E-state index in [9.17, 15) is 20.0 Å². The van der Waals surface area contributed by atoms with Crippen LogP contribution in [0.3, 0.4) is 0 Å². The Hall–Kier alpha value is -4.24. The van der Waals surface area contributed by atoms with Crippen molar-refractivity contribution in [3.63, 3.8) is 0 Å². The molecule has 0 unspecified atom stereocenters. The first-order valence-electron chi connectivity index (χ1n) is 16.6. The standard InChI is InChI=1S/C38H37Cl2F2N3O6/c1-6-51-36(49)23-16-22(23)33-44(27-13-10-19(35(47)48)14-28(27)50-5)34(46)32-30(21-8-7-9-25(40)31(21)42)38(18-43,24-12-11-20(39)15-26(24)41)29(45(32)33)17-37(2,3)4/h7-15,22-23,29-30,32-33H,6,16-17H2,1-5H3,(H,47,48)/t22-,23-,29-,30-,32+,33+,38-/m0/s1. The molecule has 0 spiro atoms. The first-order chi connectivity index (χ1) is 24.1. The summed E-state index contributed by atoms with van der Waals surface area (Å²) >= 11 is 12.6. The number of ether oxygens (including phenoxy) is 2. The van der Waals surface area contributed by atoms with Crippen LogP contribution >= 0.6 is 23.2 Å². The summed E-state index contributed by atoms with van der Waals surface area (Å²) in [7, 11) is 1.34. The maximum atomic E-state index is 16.4. The monoisotopic (exact) mass is 739 g/mol. The minimum atomic E-state index is -1.87. The van der Waals surface area contributed by atoms with Crippen LogP contribution in [-0.4, -0.2) is 59.8 Å². The molecule has 3 aliphatic rings. The summed E-state index contributed by atoms with van der Waals surface area (Å²) in [6.07, 6.45) is -0.357. The highest BCUT2D eigenvalue weighted by molar-refractivity contribution is 6.31. The lowest BCUT2D eigenvalue weighted by molar-refractivity contribution is -0.145. The van der Waals surface area contributed by atoms with Crippen LogP contribution in [0.1, 0.15) is 67.9 Å². The van der Waals surface area contributed by atoms with E-state index in [4.69, 9.17) is 32.7 Å². The smallest absolute Gasteiger partial charge is 0.335 e. The molecular formula is C38H37Cl2F2N3O6.